The standard InChI is InChI=1S/C13H19NO6/c1-3-20-12-4-9(13(17)18)10(5-11(12)19-2)14-6-8(16)7-15/h4-5,8,14-16H,3,6-7H2,1-2H3,(H,17,18). The average Bonchev–Trinajstić information content (AvgIpc) is 2.44. The summed E-state index contributed by atoms with van der Waals surface area (Å²) in [4.78, 5) is 11.2. The van der Waals surface area contributed by atoms with Crippen molar-refractivity contribution in [2.24, 2.45) is 0 Å². The molecule has 1 unspecified atom stereocenters. The zero-order valence-corrected chi connectivity index (χ0v) is 11.4. The Morgan fingerprint density at radius 3 is 2.60 bits per heavy atom. The van der Waals surface area contributed by atoms with E-state index in [9.17, 15) is 15.0 Å². The van der Waals surface area contributed by atoms with Gasteiger partial charge < -0.3 is 30.1 Å². The fourth-order valence-electron chi connectivity index (χ4n) is 1.60. The molecule has 1 aromatic rings. The molecule has 0 aliphatic heterocycles. The van der Waals surface area contributed by atoms with Crippen LogP contribution < -0.4 is 14.8 Å². The third-order valence-electron chi connectivity index (χ3n) is 2.57. The van der Waals surface area contributed by atoms with E-state index in [-0.39, 0.29) is 17.8 Å². The number of carboxylic acids is 1. The van der Waals surface area contributed by atoms with E-state index in [1.54, 1.807) is 6.92 Å². The summed E-state index contributed by atoms with van der Waals surface area (Å²) >= 11 is 0. The van der Waals surface area contributed by atoms with Crippen LogP contribution in [-0.2, 0) is 0 Å². The lowest BCUT2D eigenvalue weighted by Gasteiger charge is -2.16. The van der Waals surface area contributed by atoms with Crippen molar-refractivity contribution in [3.63, 3.8) is 0 Å². The first-order chi connectivity index (χ1) is 9.53. The maximum atomic E-state index is 11.2. The second kappa shape index (κ2) is 7.56. The van der Waals surface area contributed by atoms with Crippen molar-refractivity contribution in [1.82, 2.24) is 0 Å². The van der Waals surface area contributed by atoms with Gasteiger partial charge in [-0.1, -0.05) is 0 Å². The minimum Gasteiger partial charge on any atom is -0.493 e. The van der Waals surface area contributed by atoms with Crippen LogP contribution >= 0.6 is 0 Å². The van der Waals surface area contributed by atoms with Crippen molar-refractivity contribution in [3.05, 3.63) is 17.7 Å². The zero-order valence-electron chi connectivity index (χ0n) is 11.4. The topological polar surface area (TPSA) is 108 Å². The van der Waals surface area contributed by atoms with Crippen molar-refractivity contribution in [2.45, 2.75) is 13.0 Å². The number of hydrogen-bond donors (Lipinski definition) is 4. The van der Waals surface area contributed by atoms with Crippen LogP contribution in [0, 0.1) is 0 Å². The Bertz CT molecular complexity index is 462. The molecule has 0 aliphatic carbocycles. The Hall–Kier alpha value is -1.99. The molecule has 1 atom stereocenters. The average molecular weight is 285 g/mol. The second-order valence-corrected chi connectivity index (χ2v) is 4.00. The van der Waals surface area contributed by atoms with Crippen LogP contribution in [0.5, 0.6) is 11.5 Å². The van der Waals surface area contributed by atoms with Gasteiger partial charge in [-0.05, 0) is 6.92 Å². The molecule has 1 aromatic carbocycles. The van der Waals surface area contributed by atoms with Crippen LogP contribution in [-0.4, -0.2) is 54.3 Å². The Balaban J connectivity index is 3.10. The highest BCUT2D eigenvalue weighted by Gasteiger charge is 2.17. The minimum absolute atomic E-state index is 0.000565. The quantitative estimate of drug-likeness (QED) is 0.552. The molecule has 0 fully saturated rings. The number of aliphatic hydroxyl groups is 2. The molecule has 0 amide bonds. The Labute approximate surface area is 116 Å². The smallest absolute Gasteiger partial charge is 0.337 e. The maximum absolute atomic E-state index is 11.2. The summed E-state index contributed by atoms with van der Waals surface area (Å²) in [5.41, 5.74) is 0.282. The fourth-order valence-corrected chi connectivity index (χ4v) is 1.60. The lowest BCUT2D eigenvalue weighted by molar-refractivity contribution is 0.0697. The number of aromatic carboxylic acids is 1. The second-order valence-electron chi connectivity index (χ2n) is 4.00. The third kappa shape index (κ3) is 4.01. The molecule has 0 saturated heterocycles. The van der Waals surface area contributed by atoms with E-state index < -0.39 is 18.7 Å². The van der Waals surface area contributed by atoms with Crippen LogP contribution in [0.1, 0.15) is 17.3 Å². The van der Waals surface area contributed by atoms with Gasteiger partial charge in [-0.2, -0.15) is 0 Å². The van der Waals surface area contributed by atoms with Gasteiger partial charge in [-0.3, -0.25) is 0 Å². The normalized spacial score (nSPS) is 11.8. The first kappa shape index (κ1) is 16.1. The first-order valence-corrected chi connectivity index (χ1v) is 6.14. The molecule has 20 heavy (non-hydrogen) atoms. The predicted octanol–water partition coefficient (Wildman–Crippen LogP) is 0.557. The Kier molecular flexibility index (Phi) is 6.08. The number of carboxylic acid groups (broad SMARTS) is 1. The predicted molar refractivity (Wildman–Crippen MR) is 72.7 cm³/mol. The monoisotopic (exact) mass is 285 g/mol. The van der Waals surface area contributed by atoms with E-state index in [1.807, 2.05) is 0 Å². The molecule has 0 aliphatic rings. The van der Waals surface area contributed by atoms with Crippen molar-refractivity contribution < 1.29 is 29.6 Å². The number of aliphatic hydroxyl groups excluding tert-OH is 2. The van der Waals surface area contributed by atoms with Crippen molar-refractivity contribution in [2.75, 3.05) is 32.2 Å². The Morgan fingerprint density at radius 1 is 1.40 bits per heavy atom. The van der Waals surface area contributed by atoms with E-state index in [4.69, 9.17) is 14.6 Å². The number of carbonyl (C=O) groups is 1. The van der Waals surface area contributed by atoms with Crippen molar-refractivity contribution >= 4 is 11.7 Å². The van der Waals surface area contributed by atoms with Gasteiger partial charge in [0.2, 0.25) is 0 Å². The van der Waals surface area contributed by atoms with Gasteiger partial charge in [0.15, 0.2) is 11.5 Å². The molecule has 0 radical (unpaired) electrons. The third-order valence-corrected chi connectivity index (χ3v) is 2.57. The highest BCUT2D eigenvalue weighted by Crippen LogP contribution is 2.33. The first-order valence-electron chi connectivity index (χ1n) is 6.14. The molecule has 0 saturated carbocycles. The van der Waals surface area contributed by atoms with E-state index in [2.05, 4.69) is 5.32 Å². The summed E-state index contributed by atoms with van der Waals surface area (Å²) < 4.78 is 10.5. The minimum atomic E-state index is -1.13. The number of ether oxygens (including phenoxy) is 2. The van der Waals surface area contributed by atoms with Crippen molar-refractivity contribution in [3.8, 4) is 11.5 Å². The van der Waals surface area contributed by atoms with E-state index in [0.29, 0.717) is 18.1 Å². The van der Waals surface area contributed by atoms with Gasteiger partial charge in [-0.15, -0.1) is 0 Å². The molecule has 0 spiro atoms. The summed E-state index contributed by atoms with van der Waals surface area (Å²) in [7, 11) is 1.45. The number of rotatable bonds is 8. The van der Waals surface area contributed by atoms with E-state index in [1.165, 1.54) is 19.2 Å². The van der Waals surface area contributed by atoms with Gasteiger partial charge in [-0.25, -0.2) is 4.79 Å². The van der Waals surface area contributed by atoms with Crippen LogP contribution in [0.15, 0.2) is 12.1 Å². The molecular formula is C13H19NO6. The van der Waals surface area contributed by atoms with Gasteiger partial charge in [0, 0.05) is 18.7 Å². The molecule has 112 valence electrons. The van der Waals surface area contributed by atoms with Crippen LogP contribution in [0.4, 0.5) is 5.69 Å². The molecule has 0 heterocycles. The highest BCUT2D eigenvalue weighted by atomic mass is 16.5. The number of anilines is 1. The van der Waals surface area contributed by atoms with Gasteiger partial charge in [0.1, 0.15) is 0 Å². The van der Waals surface area contributed by atoms with Gasteiger partial charge in [0.05, 0.1) is 37.7 Å². The zero-order chi connectivity index (χ0) is 15.1. The summed E-state index contributed by atoms with van der Waals surface area (Å²) in [5.74, 6) is -0.409. The van der Waals surface area contributed by atoms with Gasteiger partial charge >= 0.3 is 5.97 Å². The van der Waals surface area contributed by atoms with Crippen LogP contribution in [0.3, 0.4) is 0 Å². The highest BCUT2D eigenvalue weighted by molar-refractivity contribution is 5.95. The molecule has 0 bridgehead atoms. The summed E-state index contributed by atoms with van der Waals surface area (Å²) in [6.45, 7) is 1.77. The largest absolute Gasteiger partial charge is 0.493 e. The molecule has 0 aromatic heterocycles. The summed E-state index contributed by atoms with van der Waals surface area (Å²) in [5, 5.41) is 30.0. The van der Waals surface area contributed by atoms with E-state index >= 15 is 0 Å². The number of benzene rings is 1. The molecule has 4 N–H and O–H groups in total. The van der Waals surface area contributed by atoms with Crippen molar-refractivity contribution in [1.29, 1.82) is 0 Å². The number of nitrogens with one attached hydrogen (secondary N) is 1. The summed E-state index contributed by atoms with van der Waals surface area (Å²) in [6.07, 6.45) is -0.978. The molecular weight excluding hydrogens is 266 g/mol. The van der Waals surface area contributed by atoms with E-state index in [0.717, 1.165) is 0 Å². The maximum Gasteiger partial charge on any atom is 0.337 e. The lowest BCUT2D eigenvalue weighted by atomic mass is 10.1. The number of hydrogen-bond acceptors (Lipinski definition) is 6. The van der Waals surface area contributed by atoms with Crippen LogP contribution in [0.2, 0.25) is 0 Å². The van der Waals surface area contributed by atoms with Gasteiger partial charge in [0.25, 0.3) is 0 Å². The molecule has 7 heteroatoms. The number of methoxy groups -OCH3 is 1. The summed E-state index contributed by atoms with van der Waals surface area (Å²) in [6, 6.07) is 2.84. The fraction of sp³-hybridized carbons (Fsp3) is 0.462. The Morgan fingerprint density at radius 2 is 2.10 bits per heavy atom. The lowest BCUT2D eigenvalue weighted by Crippen LogP contribution is -2.23. The SMILES string of the molecule is CCOc1cc(C(=O)O)c(NCC(O)CO)cc1OC. The van der Waals surface area contributed by atoms with Crippen LogP contribution in [0.25, 0.3) is 0 Å². The molecule has 7 nitrogen and oxygen atoms in total. The molecule has 1 rings (SSSR count).